The number of nitrogens with one attached hydrogen (secondary N) is 1. The predicted octanol–water partition coefficient (Wildman–Crippen LogP) is 1.23. The molecule has 0 bridgehead atoms. The van der Waals surface area contributed by atoms with Crippen molar-refractivity contribution in [2.24, 2.45) is 0 Å². The van der Waals surface area contributed by atoms with E-state index in [9.17, 15) is 23.1 Å². The minimum Gasteiger partial charge on any atom is -0.380 e. The van der Waals surface area contributed by atoms with Crippen molar-refractivity contribution in [2.75, 3.05) is 43.4 Å². The van der Waals surface area contributed by atoms with Crippen LogP contribution in [0, 0.1) is 0 Å². The molecule has 2 amide bonds. The van der Waals surface area contributed by atoms with E-state index in [1.807, 2.05) is 18.2 Å². The van der Waals surface area contributed by atoms with Crippen LogP contribution in [-0.4, -0.2) is 85.8 Å². The number of ether oxygens (including phenoxy) is 2. The van der Waals surface area contributed by atoms with Crippen molar-refractivity contribution >= 4 is 27.5 Å². The Hall–Kier alpha value is -2.99. The zero-order chi connectivity index (χ0) is 24.6. The third-order valence-electron chi connectivity index (χ3n) is 6.44. The van der Waals surface area contributed by atoms with Gasteiger partial charge >= 0.3 is 0 Å². The molecule has 0 radical (unpaired) electrons. The fourth-order valence-corrected chi connectivity index (χ4v) is 5.27. The predicted molar refractivity (Wildman–Crippen MR) is 127 cm³/mol. The van der Waals surface area contributed by atoms with E-state index in [1.165, 1.54) is 0 Å². The van der Waals surface area contributed by atoms with Gasteiger partial charge in [0.15, 0.2) is 13.1 Å². The number of carbonyl (C=O) groups excluding carboxylic acids is 2. The number of anilines is 1. The summed E-state index contributed by atoms with van der Waals surface area (Å²) < 4.78 is 37.1. The maximum Gasteiger partial charge on any atom is 0.254 e. The quantitative estimate of drug-likeness (QED) is 0.585. The summed E-state index contributed by atoms with van der Waals surface area (Å²) in [6.45, 7) is 1.76. The van der Waals surface area contributed by atoms with Crippen LogP contribution in [0.25, 0.3) is 11.1 Å². The molecule has 35 heavy (non-hydrogen) atoms. The van der Waals surface area contributed by atoms with E-state index in [0.717, 1.165) is 11.1 Å². The van der Waals surface area contributed by atoms with Gasteiger partial charge in [-0.25, -0.2) is 8.42 Å². The molecule has 0 aromatic heterocycles. The van der Waals surface area contributed by atoms with Gasteiger partial charge in [-0.15, -0.1) is 0 Å². The van der Waals surface area contributed by atoms with Crippen LogP contribution in [0.5, 0.6) is 0 Å². The minimum atomic E-state index is -3.63. The Bertz CT molecular complexity index is 1220. The number of rotatable bonds is 7. The molecule has 2 aromatic carbocycles. The van der Waals surface area contributed by atoms with Crippen LogP contribution >= 0.6 is 0 Å². The molecule has 3 aliphatic rings. The van der Waals surface area contributed by atoms with Gasteiger partial charge in [0.05, 0.1) is 0 Å². The number of hydrogen-bond donors (Lipinski definition) is 2. The molecule has 0 spiro atoms. The molecule has 5 rings (SSSR count). The second kappa shape index (κ2) is 9.23. The van der Waals surface area contributed by atoms with Crippen molar-refractivity contribution in [2.45, 2.75) is 24.7 Å². The first-order valence-electron chi connectivity index (χ1n) is 11.5. The molecule has 0 unspecified atom stereocenters. The van der Waals surface area contributed by atoms with E-state index in [0.29, 0.717) is 50.3 Å². The number of benzene rings is 2. The van der Waals surface area contributed by atoms with Crippen molar-refractivity contribution in [3.63, 3.8) is 0 Å². The topological polar surface area (TPSA) is 125 Å². The van der Waals surface area contributed by atoms with Crippen LogP contribution < -0.4 is 4.72 Å². The summed E-state index contributed by atoms with van der Waals surface area (Å²) in [7, 11) is -3.63. The van der Waals surface area contributed by atoms with Crippen LogP contribution in [0.4, 0.5) is 5.69 Å². The largest absolute Gasteiger partial charge is 0.380 e. The van der Waals surface area contributed by atoms with E-state index >= 15 is 0 Å². The number of carbonyl (C=O) groups is 2. The van der Waals surface area contributed by atoms with E-state index in [-0.39, 0.29) is 24.4 Å². The average Bonchev–Trinajstić information content (AvgIpc) is 3.59. The third kappa shape index (κ3) is 5.32. The molecule has 11 heteroatoms. The van der Waals surface area contributed by atoms with E-state index in [1.54, 1.807) is 40.1 Å². The molecule has 1 saturated carbocycles. The highest BCUT2D eigenvalue weighted by atomic mass is 32.2. The number of aliphatic hydroxyl groups is 1. The molecule has 1 aliphatic carbocycles. The summed E-state index contributed by atoms with van der Waals surface area (Å²) in [5, 5.41) is 10.0. The Balaban J connectivity index is 1.20. The molecule has 2 aromatic rings. The maximum atomic E-state index is 12.9. The zero-order valence-electron chi connectivity index (χ0n) is 19.1. The summed E-state index contributed by atoms with van der Waals surface area (Å²) in [6.07, 6.45) is 0.279. The molecule has 2 N–H and O–H groups in total. The summed E-state index contributed by atoms with van der Waals surface area (Å²) in [5.74, 6) is -0.629. The summed E-state index contributed by atoms with van der Waals surface area (Å²) in [6, 6.07) is 14.1. The molecule has 2 aliphatic heterocycles. The van der Waals surface area contributed by atoms with Crippen LogP contribution in [0.1, 0.15) is 23.2 Å². The number of amides is 2. The number of piperazine rings is 1. The Morgan fingerprint density at radius 1 is 0.971 bits per heavy atom. The van der Waals surface area contributed by atoms with Crippen LogP contribution in [-0.2, 0) is 24.3 Å². The summed E-state index contributed by atoms with van der Waals surface area (Å²) >= 11 is 0. The van der Waals surface area contributed by atoms with Crippen molar-refractivity contribution in [1.82, 2.24) is 9.80 Å². The fraction of sp³-hybridized carbons (Fsp3) is 0.417. The van der Waals surface area contributed by atoms with Crippen molar-refractivity contribution in [1.29, 1.82) is 0 Å². The van der Waals surface area contributed by atoms with Gasteiger partial charge < -0.3 is 24.4 Å². The average molecular weight is 502 g/mol. The number of hydrogen-bond acceptors (Lipinski definition) is 7. The maximum absolute atomic E-state index is 12.9. The highest BCUT2D eigenvalue weighted by Crippen LogP contribution is 2.37. The summed E-state index contributed by atoms with van der Waals surface area (Å²) in [5.41, 5.74) is 1.40. The zero-order valence-corrected chi connectivity index (χ0v) is 19.9. The Morgan fingerprint density at radius 2 is 1.63 bits per heavy atom. The van der Waals surface area contributed by atoms with E-state index in [2.05, 4.69) is 4.72 Å². The molecule has 2 saturated heterocycles. The van der Waals surface area contributed by atoms with Crippen LogP contribution in [0.3, 0.4) is 0 Å². The van der Waals surface area contributed by atoms with Crippen molar-refractivity contribution in [3.05, 3.63) is 54.1 Å². The van der Waals surface area contributed by atoms with Crippen LogP contribution in [0.15, 0.2) is 48.5 Å². The lowest BCUT2D eigenvalue weighted by Crippen LogP contribution is -2.53. The minimum absolute atomic E-state index is 0.106. The number of nitrogens with zero attached hydrogens (tertiary/aromatic N) is 2. The molecule has 186 valence electrons. The normalized spacial score (nSPS) is 19.7. The molecule has 0 atom stereocenters. The van der Waals surface area contributed by atoms with E-state index in [4.69, 9.17) is 9.47 Å². The lowest BCUT2D eigenvalue weighted by molar-refractivity contribution is -0.308. The van der Waals surface area contributed by atoms with Gasteiger partial charge in [-0.3, -0.25) is 14.3 Å². The Kier molecular flexibility index (Phi) is 6.26. The highest BCUT2D eigenvalue weighted by molar-refractivity contribution is 7.92. The second-order valence-corrected chi connectivity index (χ2v) is 10.8. The first-order chi connectivity index (χ1) is 16.7. The lowest BCUT2D eigenvalue weighted by Gasteiger charge is -2.35. The van der Waals surface area contributed by atoms with Crippen LogP contribution in [0.2, 0.25) is 0 Å². The standard InChI is InChI=1S/C24H27N3O7S/c28-22(26-10-12-27(13-11-26)23(29)24(30)8-9-24)18-6-4-17(5-7-18)19-2-1-3-20(14-19)25-35(31,32)15-21-33-16-34-21/h1-7,14,21,25,30H,8-13,15-16H2. The first kappa shape index (κ1) is 23.7. The summed E-state index contributed by atoms with van der Waals surface area (Å²) in [4.78, 5) is 28.6. The SMILES string of the molecule is O=C(c1ccc(-c2cccc(NS(=O)(=O)CC3OCO3)c2)cc1)N1CCN(C(=O)C2(O)CC2)CC1. The van der Waals surface area contributed by atoms with E-state index < -0.39 is 21.9 Å². The Labute approximate surface area is 203 Å². The van der Waals surface area contributed by atoms with Gasteiger partial charge in [0.25, 0.3) is 11.8 Å². The van der Waals surface area contributed by atoms with Crippen molar-refractivity contribution in [3.8, 4) is 11.1 Å². The fourth-order valence-electron chi connectivity index (χ4n) is 4.15. The smallest absolute Gasteiger partial charge is 0.254 e. The van der Waals surface area contributed by atoms with Gasteiger partial charge in [-0.2, -0.15) is 0 Å². The first-order valence-corrected chi connectivity index (χ1v) is 13.1. The highest BCUT2D eigenvalue weighted by Gasteiger charge is 2.50. The van der Waals surface area contributed by atoms with Gasteiger partial charge in [0, 0.05) is 37.4 Å². The molecule has 2 heterocycles. The van der Waals surface area contributed by atoms with Gasteiger partial charge in [0.2, 0.25) is 10.0 Å². The third-order valence-corrected chi connectivity index (χ3v) is 7.70. The molecule has 3 fully saturated rings. The second-order valence-electron chi connectivity index (χ2n) is 9.04. The molecule has 10 nitrogen and oxygen atoms in total. The molecular weight excluding hydrogens is 474 g/mol. The molecular formula is C24H27N3O7S. The lowest BCUT2D eigenvalue weighted by atomic mass is 10.0. The van der Waals surface area contributed by atoms with Gasteiger partial charge in [-0.05, 0) is 48.2 Å². The van der Waals surface area contributed by atoms with Gasteiger partial charge in [0.1, 0.15) is 11.4 Å². The monoisotopic (exact) mass is 501 g/mol. The number of sulfonamides is 1. The van der Waals surface area contributed by atoms with Gasteiger partial charge in [-0.1, -0.05) is 24.3 Å². The Morgan fingerprint density at radius 3 is 2.23 bits per heavy atom. The van der Waals surface area contributed by atoms with Crippen molar-refractivity contribution < 1.29 is 32.6 Å².